The summed E-state index contributed by atoms with van der Waals surface area (Å²) in [5.74, 6) is 0.0541. The van der Waals surface area contributed by atoms with Crippen molar-refractivity contribution in [2.75, 3.05) is 12.4 Å². The molecule has 2 aromatic rings. The lowest BCUT2D eigenvalue weighted by atomic mass is 10.1. The van der Waals surface area contributed by atoms with Gasteiger partial charge in [0.15, 0.2) is 5.82 Å². The number of methoxy groups -OCH3 is 1. The Morgan fingerprint density at radius 1 is 1.45 bits per heavy atom. The molecule has 8 nitrogen and oxygen atoms in total. The van der Waals surface area contributed by atoms with E-state index in [2.05, 4.69) is 15.5 Å². The first-order valence-corrected chi connectivity index (χ1v) is 5.67. The van der Waals surface area contributed by atoms with Crippen molar-refractivity contribution in [1.29, 1.82) is 0 Å². The van der Waals surface area contributed by atoms with Gasteiger partial charge in [0.25, 0.3) is 11.6 Å². The number of nitrogens with one attached hydrogen (secondary N) is 2. The molecular formula is C12H12N4O4. The second-order valence-electron chi connectivity index (χ2n) is 4.03. The average molecular weight is 276 g/mol. The number of aryl methyl sites for hydroxylation is 1. The Balaban J connectivity index is 2.32. The summed E-state index contributed by atoms with van der Waals surface area (Å²) in [6.45, 7) is 1.79. The largest absolute Gasteiger partial charge is 0.496 e. The number of anilines is 1. The van der Waals surface area contributed by atoms with E-state index >= 15 is 0 Å². The second kappa shape index (κ2) is 5.39. The molecule has 0 fully saturated rings. The maximum absolute atomic E-state index is 12.1. The van der Waals surface area contributed by atoms with E-state index in [1.807, 2.05) is 0 Å². The van der Waals surface area contributed by atoms with Crippen molar-refractivity contribution < 1.29 is 14.5 Å². The number of nitro benzene ring substituents is 1. The summed E-state index contributed by atoms with van der Waals surface area (Å²) in [5, 5.41) is 19.8. The van der Waals surface area contributed by atoms with Crippen LogP contribution in [0.4, 0.5) is 11.5 Å². The second-order valence-corrected chi connectivity index (χ2v) is 4.03. The molecule has 8 heteroatoms. The molecule has 1 heterocycles. The zero-order chi connectivity index (χ0) is 14.7. The van der Waals surface area contributed by atoms with Crippen molar-refractivity contribution in [3.05, 3.63) is 45.6 Å². The molecule has 0 aliphatic rings. The van der Waals surface area contributed by atoms with Crippen molar-refractivity contribution in [2.24, 2.45) is 0 Å². The van der Waals surface area contributed by atoms with Crippen LogP contribution in [0.15, 0.2) is 24.3 Å². The lowest BCUT2D eigenvalue weighted by molar-refractivity contribution is -0.384. The molecule has 0 saturated heterocycles. The first kappa shape index (κ1) is 13.5. The number of nitro groups is 1. The first-order chi connectivity index (χ1) is 9.51. The van der Waals surface area contributed by atoms with Crippen LogP contribution in [-0.4, -0.2) is 28.1 Å². The fraction of sp³-hybridized carbons (Fsp3) is 0.167. The fourth-order valence-corrected chi connectivity index (χ4v) is 1.65. The Labute approximate surface area is 113 Å². The van der Waals surface area contributed by atoms with Crippen LogP contribution < -0.4 is 10.1 Å². The van der Waals surface area contributed by atoms with Crippen molar-refractivity contribution in [1.82, 2.24) is 10.2 Å². The van der Waals surface area contributed by atoms with E-state index in [1.54, 1.807) is 13.0 Å². The number of amides is 1. The molecule has 0 aliphatic heterocycles. The van der Waals surface area contributed by atoms with Crippen LogP contribution in [0.2, 0.25) is 0 Å². The fourth-order valence-electron chi connectivity index (χ4n) is 1.65. The van der Waals surface area contributed by atoms with E-state index in [0.717, 1.165) is 11.8 Å². The third-order valence-corrected chi connectivity index (χ3v) is 2.59. The highest BCUT2D eigenvalue weighted by Crippen LogP contribution is 2.24. The van der Waals surface area contributed by atoms with Gasteiger partial charge in [0, 0.05) is 23.9 Å². The van der Waals surface area contributed by atoms with Crippen LogP contribution >= 0.6 is 0 Å². The smallest absolute Gasteiger partial charge is 0.270 e. The maximum atomic E-state index is 12.1. The van der Waals surface area contributed by atoms with Crippen molar-refractivity contribution in [2.45, 2.75) is 6.92 Å². The highest BCUT2D eigenvalue weighted by atomic mass is 16.6. The van der Waals surface area contributed by atoms with E-state index in [-0.39, 0.29) is 17.0 Å². The van der Waals surface area contributed by atoms with Gasteiger partial charge in [0.2, 0.25) is 0 Å². The van der Waals surface area contributed by atoms with E-state index in [9.17, 15) is 14.9 Å². The van der Waals surface area contributed by atoms with Crippen molar-refractivity contribution >= 4 is 17.4 Å². The normalized spacial score (nSPS) is 10.1. The Bertz CT molecular complexity index is 665. The summed E-state index contributed by atoms with van der Waals surface area (Å²) in [4.78, 5) is 22.3. The van der Waals surface area contributed by atoms with Gasteiger partial charge in [-0.2, -0.15) is 5.10 Å². The number of nitrogens with zero attached hydrogens (tertiary/aromatic N) is 2. The molecule has 0 atom stereocenters. The third kappa shape index (κ3) is 2.74. The molecule has 20 heavy (non-hydrogen) atoms. The summed E-state index contributed by atoms with van der Waals surface area (Å²) < 4.78 is 5.03. The molecule has 0 aliphatic carbocycles. The maximum Gasteiger partial charge on any atom is 0.270 e. The van der Waals surface area contributed by atoms with Gasteiger partial charge in [-0.15, -0.1) is 0 Å². The molecule has 0 bridgehead atoms. The summed E-state index contributed by atoms with van der Waals surface area (Å²) in [5.41, 5.74) is 0.669. The minimum absolute atomic E-state index is 0.0716. The topological polar surface area (TPSA) is 110 Å². The first-order valence-electron chi connectivity index (χ1n) is 5.67. The van der Waals surface area contributed by atoms with Gasteiger partial charge < -0.3 is 10.1 Å². The molecule has 0 saturated carbocycles. The van der Waals surface area contributed by atoms with Crippen LogP contribution in [0.5, 0.6) is 5.75 Å². The van der Waals surface area contributed by atoms with Crippen LogP contribution in [0.25, 0.3) is 0 Å². The number of hydrogen-bond acceptors (Lipinski definition) is 5. The number of carbonyl (C=O) groups is 1. The molecule has 0 spiro atoms. The van der Waals surface area contributed by atoms with Gasteiger partial charge in [-0.1, -0.05) is 0 Å². The summed E-state index contributed by atoms with van der Waals surface area (Å²) in [7, 11) is 1.39. The molecule has 1 aromatic carbocycles. The van der Waals surface area contributed by atoms with Gasteiger partial charge in [-0.25, -0.2) is 0 Å². The number of carbonyl (C=O) groups excluding carboxylic acids is 1. The van der Waals surface area contributed by atoms with Crippen molar-refractivity contribution in [3.8, 4) is 5.75 Å². The average Bonchev–Trinajstić information content (AvgIpc) is 2.83. The molecule has 0 radical (unpaired) electrons. The van der Waals surface area contributed by atoms with Gasteiger partial charge >= 0.3 is 0 Å². The minimum atomic E-state index is -0.574. The number of rotatable bonds is 4. The van der Waals surface area contributed by atoms with Crippen LogP contribution in [0, 0.1) is 17.0 Å². The SMILES string of the molecule is COc1ccc([N+](=O)[O-])cc1C(=O)Nc1cc(C)[nH]n1. The third-order valence-electron chi connectivity index (χ3n) is 2.59. The monoisotopic (exact) mass is 276 g/mol. The molecule has 0 unspecified atom stereocenters. The number of non-ortho nitro benzene ring substituents is 1. The van der Waals surface area contributed by atoms with Gasteiger partial charge in [-0.05, 0) is 13.0 Å². The van der Waals surface area contributed by atoms with E-state index < -0.39 is 10.8 Å². The molecule has 2 rings (SSSR count). The van der Waals surface area contributed by atoms with Crippen LogP contribution in [-0.2, 0) is 0 Å². The lowest BCUT2D eigenvalue weighted by Crippen LogP contribution is -2.13. The molecular weight excluding hydrogens is 264 g/mol. The molecule has 1 aromatic heterocycles. The van der Waals surface area contributed by atoms with Gasteiger partial charge in [0.05, 0.1) is 17.6 Å². The van der Waals surface area contributed by atoms with E-state index in [1.165, 1.54) is 19.2 Å². The number of hydrogen-bond donors (Lipinski definition) is 2. The Morgan fingerprint density at radius 3 is 2.75 bits per heavy atom. The van der Waals surface area contributed by atoms with Crippen LogP contribution in [0.1, 0.15) is 16.1 Å². The molecule has 2 N–H and O–H groups in total. The van der Waals surface area contributed by atoms with Crippen molar-refractivity contribution in [3.63, 3.8) is 0 Å². The number of benzene rings is 1. The van der Waals surface area contributed by atoms with E-state index in [0.29, 0.717) is 5.82 Å². The zero-order valence-electron chi connectivity index (χ0n) is 10.8. The predicted molar refractivity (Wildman–Crippen MR) is 70.9 cm³/mol. The number of H-pyrrole nitrogens is 1. The Kier molecular flexibility index (Phi) is 3.65. The molecule has 104 valence electrons. The number of ether oxygens (including phenoxy) is 1. The zero-order valence-corrected chi connectivity index (χ0v) is 10.8. The van der Waals surface area contributed by atoms with E-state index in [4.69, 9.17) is 4.74 Å². The minimum Gasteiger partial charge on any atom is -0.496 e. The standard InChI is InChI=1S/C12H12N4O4/c1-7-5-11(15-14-7)13-12(17)9-6-8(16(18)19)3-4-10(9)20-2/h3-6H,1-2H3,(H2,13,14,15,17). The van der Waals surface area contributed by atoms with Gasteiger partial charge in [-0.3, -0.25) is 20.0 Å². The summed E-state index contributed by atoms with van der Waals surface area (Å²) in [6, 6.07) is 5.45. The number of aromatic amines is 1. The summed E-state index contributed by atoms with van der Waals surface area (Å²) in [6.07, 6.45) is 0. The highest BCUT2D eigenvalue weighted by Gasteiger charge is 2.18. The van der Waals surface area contributed by atoms with Crippen LogP contribution in [0.3, 0.4) is 0 Å². The Morgan fingerprint density at radius 2 is 2.20 bits per heavy atom. The number of aromatic nitrogens is 2. The van der Waals surface area contributed by atoms with Gasteiger partial charge in [0.1, 0.15) is 5.75 Å². The quantitative estimate of drug-likeness (QED) is 0.654. The highest BCUT2D eigenvalue weighted by molar-refractivity contribution is 6.06. The summed E-state index contributed by atoms with van der Waals surface area (Å²) >= 11 is 0. The predicted octanol–water partition coefficient (Wildman–Crippen LogP) is 1.89. The lowest BCUT2D eigenvalue weighted by Gasteiger charge is -2.07. The Hall–Kier alpha value is -2.90. The molecule has 1 amide bonds.